The molecule has 4 rings (SSSR count). The van der Waals surface area contributed by atoms with E-state index in [9.17, 15) is 0 Å². The number of nitrogens with one attached hydrogen (secondary N) is 4. The summed E-state index contributed by atoms with van der Waals surface area (Å²) in [4.78, 5) is 4.82. The third-order valence-corrected chi connectivity index (χ3v) is 6.97. The summed E-state index contributed by atoms with van der Waals surface area (Å²) in [6, 6.07) is 0.928. The van der Waals surface area contributed by atoms with Crippen LogP contribution in [0.5, 0.6) is 0 Å². The Morgan fingerprint density at radius 1 is 1.10 bits per heavy atom. The van der Waals surface area contributed by atoms with E-state index >= 15 is 0 Å². The first-order valence-electron chi connectivity index (χ1n) is 11.6. The van der Waals surface area contributed by atoms with Gasteiger partial charge in [0.2, 0.25) is 0 Å². The summed E-state index contributed by atoms with van der Waals surface area (Å²) >= 11 is 0. The Labute approximate surface area is 186 Å². The summed E-state index contributed by atoms with van der Waals surface area (Å²) < 4.78 is 0. The van der Waals surface area contributed by atoms with Crippen LogP contribution >= 0.6 is 0 Å². The number of rotatable bonds is 7. The van der Waals surface area contributed by atoms with Gasteiger partial charge in [-0.15, -0.1) is 0 Å². The molecule has 0 amide bonds. The van der Waals surface area contributed by atoms with Crippen LogP contribution in [-0.4, -0.2) is 60.4 Å². The number of allylic oxidation sites excluding steroid dienone is 5. The molecule has 2 heterocycles. The molecule has 6 unspecified atom stereocenters. The van der Waals surface area contributed by atoms with Crippen LogP contribution in [0.15, 0.2) is 65.7 Å². The predicted molar refractivity (Wildman–Crippen MR) is 125 cm³/mol. The Balaban J connectivity index is 1.39. The van der Waals surface area contributed by atoms with Crippen molar-refractivity contribution in [3.63, 3.8) is 0 Å². The van der Waals surface area contributed by atoms with E-state index in [1.807, 2.05) is 0 Å². The van der Waals surface area contributed by atoms with Crippen molar-refractivity contribution in [3.05, 3.63) is 60.6 Å². The molecule has 2 aliphatic carbocycles. The molecule has 6 atom stereocenters. The predicted octanol–water partition coefficient (Wildman–Crippen LogP) is 2.77. The average molecular weight is 424 g/mol. The molecule has 4 N–H and O–H groups in total. The van der Waals surface area contributed by atoms with Gasteiger partial charge in [-0.05, 0) is 17.8 Å². The molecular formula is C24H37N7. The fraction of sp³-hybridized carbons (Fsp3) is 0.583. The van der Waals surface area contributed by atoms with Gasteiger partial charge in [0, 0.05) is 38.4 Å². The normalized spacial score (nSPS) is 33.5. The van der Waals surface area contributed by atoms with Crippen LogP contribution in [-0.2, 0) is 0 Å². The van der Waals surface area contributed by atoms with Crippen LogP contribution in [0.3, 0.4) is 0 Å². The van der Waals surface area contributed by atoms with Crippen LogP contribution < -0.4 is 16.0 Å². The molecule has 0 saturated carbocycles. The van der Waals surface area contributed by atoms with Crippen LogP contribution in [0.1, 0.15) is 20.8 Å². The topological polar surface area (TPSA) is 78.8 Å². The first kappa shape index (κ1) is 21.8. The zero-order valence-corrected chi connectivity index (χ0v) is 18.9. The zero-order chi connectivity index (χ0) is 21.8. The van der Waals surface area contributed by atoms with E-state index in [1.54, 1.807) is 0 Å². The Hall–Kier alpha value is -2.38. The second-order valence-electron chi connectivity index (χ2n) is 9.36. The molecule has 7 heteroatoms. The monoisotopic (exact) mass is 423 g/mol. The summed E-state index contributed by atoms with van der Waals surface area (Å²) in [7, 11) is 0. The lowest BCUT2D eigenvalue weighted by Gasteiger charge is -2.48. The smallest absolute Gasteiger partial charge is 0.176 e. The van der Waals surface area contributed by atoms with Crippen LogP contribution in [0.2, 0.25) is 0 Å². The van der Waals surface area contributed by atoms with Crippen molar-refractivity contribution >= 4 is 0 Å². The highest BCUT2D eigenvalue weighted by Crippen LogP contribution is 2.24. The maximum absolute atomic E-state index is 7.87. The second kappa shape index (κ2) is 9.83. The van der Waals surface area contributed by atoms with Gasteiger partial charge in [-0.1, -0.05) is 69.4 Å². The standard InChI is InChI=1S/C24H37N7/c1-17(2)22-16-30(23-15-26-20-10-6-7-11-21(20)28-23)12-13-31(22)24(29-25)27-14-19-9-5-4-8-18(19)3/h4-11,15,17-22,24-28H,12-14,16H2,1-3H3. The number of piperazine rings is 1. The van der Waals surface area contributed by atoms with Crippen molar-refractivity contribution in [1.29, 1.82) is 5.53 Å². The molecule has 4 aliphatic rings. The molecule has 2 aliphatic heterocycles. The highest BCUT2D eigenvalue weighted by Gasteiger charge is 2.36. The van der Waals surface area contributed by atoms with Crippen molar-refractivity contribution in [1.82, 2.24) is 25.8 Å². The van der Waals surface area contributed by atoms with Crippen molar-refractivity contribution in [3.8, 4) is 0 Å². The van der Waals surface area contributed by atoms with E-state index in [-0.39, 0.29) is 12.3 Å². The summed E-state index contributed by atoms with van der Waals surface area (Å²) in [5.41, 5.74) is 7.87. The van der Waals surface area contributed by atoms with E-state index in [0.717, 1.165) is 32.0 Å². The molecule has 7 nitrogen and oxygen atoms in total. The van der Waals surface area contributed by atoms with Gasteiger partial charge in [-0.3, -0.25) is 10.2 Å². The molecule has 0 radical (unpaired) electrons. The Bertz CT molecular complexity index is 781. The molecule has 0 aromatic carbocycles. The minimum Gasteiger partial charge on any atom is -0.379 e. The van der Waals surface area contributed by atoms with Gasteiger partial charge in [-0.25, -0.2) is 5.53 Å². The maximum Gasteiger partial charge on any atom is 0.176 e. The highest BCUT2D eigenvalue weighted by atomic mass is 15.4. The van der Waals surface area contributed by atoms with E-state index in [4.69, 9.17) is 5.53 Å². The SMILES string of the molecule is CC(C)C1CN(C2=CNC3C=CC=CC3N2)CCN1C(N=N)NCC1C=CC=CC1C. The highest BCUT2D eigenvalue weighted by molar-refractivity contribution is 5.25. The molecule has 1 fully saturated rings. The quantitative estimate of drug-likeness (QED) is 0.474. The van der Waals surface area contributed by atoms with Crippen molar-refractivity contribution < 1.29 is 0 Å². The Kier molecular flexibility index (Phi) is 6.92. The summed E-state index contributed by atoms with van der Waals surface area (Å²) in [5.74, 6) is 2.58. The van der Waals surface area contributed by atoms with Crippen molar-refractivity contribution in [2.24, 2.45) is 22.9 Å². The van der Waals surface area contributed by atoms with E-state index < -0.39 is 0 Å². The largest absolute Gasteiger partial charge is 0.379 e. The van der Waals surface area contributed by atoms with E-state index in [1.165, 1.54) is 0 Å². The molecule has 1 saturated heterocycles. The lowest BCUT2D eigenvalue weighted by molar-refractivity contribution is 0.0140. The molecule has 31 heavy (non-hydrogen) atoms. The van der Waals surface area contributed by atoms with Gasteiger partial charge in [0.05, 0.1) is 12.1 Å². The molecule has 0 aromatic rings. The van der Waals surface area contributed by atoms with Crippen molar-refractivity contribution in [2.45, 2.75) is 45.2 Å². The first-order chi connectivity index (χ1) is 15.1. The van der Waals surface area contributed by atoms with E-state index in [0.29, 0.717) is 29.8 Å². The van der Waals surface area contributed by atoms with Crippen LogP contribution in [0, 0.1) is 23.3 Å². The Morgan fingerprint density at radius 3 is 2.58 bits per heavy atom. The first-order valence-corrected chi connectivity index (χ1v) is 11.6. The second-order valence-corrected chi connectivity index (χ2v) is 9.36. The Morgan fingerprint density at radius 2 is 1.84 bits per heavy atom. The van der Waals surface area contributed by atoms with Gasteiger partial charge in [0.1, 0.15) is 5.82 Å². The molecule has 0 bridgehead atoms. The fourth-order valence-electron chi connectivity index (χ4n) is 4.91. The minimum atomic E-state index is -0.275. The molecule has 168 valence electrons. The molecule has 0 aromatic heterocycles. The van der Waals surface area contributed by atoms with Gasteiger partial charge >= 0.3 is 0 Å². The maximum atomic E-state index is 7.87. The van der Waals surface area contributed by atoms with Gasteiger partial charge in [-0.2, -0.15) is 5.11 Å². The summed E-state index contributed by atoms with van der Waals surface area (Å²) in [6.45, 7) is 10.3. The van der Waals surface area contributed by atoms with Gasteiger partial charge in [0.25, 0.3) is 0 Å². The third-order valence-electron chi connectivity index (χ3n) is 6.97. The average Bonchev–Trinajstić information content (AvgIpc) is 2.80. The fourth-order valence-corrected chi connectivity index (χ4v) is 4.91. The lowest BCUT2D eigenvalue weighted by Crippen LogP contribution is -2.63. The number of nitrogens with zero attached hydrogens (tertiary/aromatic N) is 3. The number of hydrogen-bond donors (Lipinski definition) is 4. The van der Waals surface area contributed by atoms with Gasteiger partial charge < -0.3 is 15.5 Å². The molecule has 0 spiro atoms. The van der Waals surface area contributed by atoms with Crippen LogP contribution in [0.25, 0.3) is 0 Å². The third kappa shape index (κ3) is 4.93. The summed E-state index contributed by atoms with van der Waals surface area (Å²) in [6.07, 6.45) is 19.2. The number of hydrogen-bond acceptors (Lipinski definition) is 7. The summed E-state index contributed by atoms with van der Waals surface area (Å²) in [5, 5.41) is 14.8. The zero-order valence-electron chi connectivity index (χ0n) is 18.9. The van der Waals surface area contributed by atoms with E-state index in [2.05, 4.69) is 106 Å². The van der Waals surface area contributed by atoms with Crippen LogP contribution in [0.4, 0.5) is 0 Å². The lowest BCUT2D eigenvalue weighted by atomic mass is 9.90. The van der Waals surface area contributed by atoms with Crippen molar-refractivity contribution in [2.75, 3.05) is 26.2 Å². The number of fused-ring (bicyclic) bond motifs is 1. The van der Waals surface area contributed by atoms with Gasteiger partial charge in [0.15, 0.2) is 6.29 Å². The minimum absolute atomic E-state index is 0.275. The molecular weight excluding hydrogens is 386 g/mol.